The summed E-state index contributed by atoms with van der Waals surface area (Å²) < 4.78 is 0. The molecule has 0 fully saturated rings. The normalized spacial score (nSPS) is 12.5. The van der Waals surface area contributed by atoms with Gasteiger partial charge in [-0.25, -0.2) is 0 Å². The Labute approximate surface area is 97.8 Å². The fourth-order valence-corrected chi connectivity index (χ4v) is 17.9. The van der Waals surface area contributed by atoms with Gasteiger partial charge in [0, 0.05) is 26.6 Å². The van der Waals surface area contributed by atoms with E-state index in [1.165, 1.54) is 0 Å². The molecule has 0 saturated carbocycles. The van der Waals surface area contributed by atoms with Crippen LogP contribution < -0.4 is 10.4 Å². The zero-order valence-electron chi connectivity index (χ0n) is 8.89. The molecule has 0 heterocycles. The minimum absolute atomic E-state index is 0.145. The Hall–Kier alpha value is -0.909. The average molecular weight is 245 g/mol. The van der Waals surface area contributed by atoms with Crippen molar-refractivity contribution in [2.75, 3.05) is 0 Å². The first-order valence-electron chi connectivity index (χ1n) is 5.53. The molecule has 3 heteroatoms. The van der Waals surface area contributed by atoms with Crippen LogP contribution in [0.3, 0.4) is 0 Å². The standard InChI is InChI=1S/C12H16Si3/c1-3-7-11(8-4-1)13-15-14-12-9-5-2-6-10-12/h1-10H,13-15H2. The molecule has 2 aromatic carbocycles. The van der Waals surface area contributed by atoms with Gasteiger partial charge in [-0.2, -0.15) is 0 Å². The highest BCUT2D eigenvalue weighted by Crippen LogP contribution is 1.82. The fraction of sp³-hybridized carbons (Fsp3) is 0. The molecule has 76 valence electrons. The third-order valence-electron chi connectivity index (χ3n) is 2.62. The largest absolute Gasteiger partial charge is 0.0704 e. The van der Waals surface area contributed by atoms with Gasteiger partial charge < -0.3 is 0 Å². The molecular formula is C12H16Si3. The summed E-state index contributed by atoms with van der Waals surface area (Å²) in [6.07, 6.45) is 0. The van der Waals surface area contributed by atoms with Gasteiger partial charge in [-0.3, -0.25) is 0 Å². The van der Waals surface area contributed by atoms with Crippen molar-refractivity contribution in [3.8, 4) is 0 Å². The van der Waals surface area contributed by atoms with E-state index in [-0.39, 0.29) is 18.1 Å². The van der Waals surface area contributed by atoms with E-state index in [1.807, 2.05) is 0 Å². The Balaban J connectivity index is 1.81. The van der Waals surface area contributed by atoms with Crippen LogP contribution in [0.1, 0.15) is 0 Å². The van der Waals surface area contributed by atoms with Crippen molar-refractivity contribution in [3.05, 3.63) is 60.7 Å². The maximum Gasteiger partial charge on any atom is 0.0396 e. The van der Waals surface area contributed by atoms with Crippen molar-refractivity contribution in [2.24, 2.45) is 0 Å². The van der Waals surface area contributed by atoms with Crippen molar-refractivity contribution >= 4 is 37.0 Å². The summed E-state index contributed by atoms with van der Waals surface area (Å²) in [5, 5.41) is 3.35. The third-order valence-corrected chi connectivity index (χ3v) is 17.4. The molecule has 0 aliphatic rings. The van der Waals surface area contributed by atoms with Crippen molar-refractivity contribution < 1.29 is 0 Å². The number of hydrogen-bond acceptors (Lipinski definition) is 0. The van der Waals surface area contributed by atoms with Gasteiger partial charge in [0.2, 0.25) is 0 Å². The second kappa shape index (κ2) is 5.85. The predicted molar refractivity (Wildman–Crippen MR) is 77.8 cm³/mol. The summed E-state index contributed by atoms with van der Waals surface area (Å²) in [4.78, 5) is 0. The summed E-state index contributed by atoms with van der Waals surface area (Å²) in [5.41, 5.74) is 0. The average Bonchev–Trinajstić information content (AvgIpc) is 2.32. The van der Waals surface area contributed by atoms with Gasteiger partial charge >= 0.3 is 0 Å². The van der Waals surface area contributed by atoms with Crippen LogP contribution in [0.25, 0.3) is 0 Å². The number of benzene rings is 2. The smallest absolute Gasteiger partial charge is 0.0396 e. The Morgan fingerprint density at radius 1 is 0.533 bits per heavy atom. The summed E-state index contributed by atoms with van der Waals surface area (Å²) in [7, 11) is 0.583. The minimum Gasteiger partial charge on any atom is -0.0704 e. The highest BCUT2D eigenvalue weighted by molar-refractivity contribution is 7.35. The fourth-order valence-electron chi connectivity index (χ4n) is 1.79. The Bertz CT molecular complexity index is 347. The molecule has 0 aliphatic carbocycles. The maximum absolute atomic E-state index is 2.32. The highest BCUT2D eigenvalue weighted by atomic mass is 29.5. The van der Waals surface area contributed by atoms with Crippen LogP contribution in [0.15, 0.2) is 60.7 Å². The van der Waals surface area contributed by atoms with Crippen molar-refractivity contribution in [2.45, 2.75) is 0 Å². The lowest BCUT2D eigenvalue weighted by Crippen LogP contribution is -2.30. The zero-order valence-corrected chi connectivity index (χ0v) is 13.1. The van der Waals surface area contributed by atoms with Crippen LogP contribution in [0.2, 0.25) is 0 Å². The predicted octanol–water partition coefficient (Wildman–Crippen LogP) is -1.03. The molecule has 0 aliphatic heterocycles. The molecule has 0 unspecified atom stereocenters. The lowest BCUT2D eigenvalue weighted by atomic mass is 10.4. The molecule has 2 aromatic rings. The molecule has 0 amide bonds. The molecule has 2 rings (SSSR count). The second-order valence-corrected chi connectivity index (χ2v) is 18.7. The van der Waals surface area contributed by atoms with Gasteiger partial charge in [0.15, 0.2) is 0 Å². The van der Waals surface area contributed by atoms with Crippen LogP contribution in [0.4, 0.5) is 0 Å². The maximum atomic E-state index is 2.32. The van der Waals surface area contributed by atoms with Crippen molar-refractivity contribution in [1.29, 1.82) is 0 Å². The molecule has 0 spiro atoms. The van der Waals surface area contributed by atoms with Crippen LogP contribution >= 0.6 is 0 Å². The van der Waals surface area contributed by atoms with Gasteiger partial charge in [0.05, 0.1) is 0 Å². The molecule has 0 radical (unpaired) electrons. The van der Waals surface area contributed by atoms with Crippen molar-refractivity contribution in [3.63, 3.8) is 0 Å². The lowest BCUT2D eigenvalue weighted by molar-refractivity contribution is 1.77. The SMILES string of the molecule is c1ccc([SiH2][SiH2][SiH2]c2ccccc2)cc1. The number of rotatable bonds is 4. The Morgan fingerprint density at radius 2 is 0.933 bits per heavy atom. The molecule has 0 nitrogen and oxygen atoms in total. The van der Waals surface area contributed by atoms with E-state index in [0.29, 0.717) is 8.55 Å². The summed E-state index contributed by atoms with van der Waals surface area (Å²) in [6.45, 7) is 0. The van der Waals surface area contributed by atoms with Gasteiger partial charge in [-0.1, -0.05) is 71.0 Å². The van der Waals surface area contributed by atoms with Gasteiger partial charge in [-0.15, -0.1) is 0 Å². The number of hydrogen-bond donors (Lipinski definition) is 0. The summed E-state index contributed by atoms with van der Waals surface area (Å²) in [6, 6.07) is 22.2. The van der Waals surface area contributed by atoms with E-state index < -0.39 is 0 Å². The molecule has 15 heavy (non-hydrogen) atoms. The van der Waals surface area contributed by atoms with Crippen LogP contribution in [0.5, 0.6) is 0 Å². The van der Waals surface area contributed by atoms with Crippen molar-refractivity contribution in [1.82, 2.24) is 0 Å². The van der Waals surface area contributed by atoms with E-state index in [4.69, 9.17) is 0 Å². The van der Waals surface area contributed by atoms with Gasteiger partial charge in [0.1, 0.15) is 0 Å². The van der Waals surface area contributed by atoms with Gasteiger partial charge in [-0.05, 0) is 0 Å². The van der Waals surface area contributed by atoms with E-state index in [1.54, 1.807) is 10.4 Å². The zero-order chi connectivity index (χ0) is 10.3. The first-order chi connectivity index (χ1) is 7.45. The third kappa shape index (κ3) is 3.62. The van der Waals surface area contributed by atoms with E-state index in [2.05, 4.69) is 60.7 Å². The highest BCUT2D eigenvalue weighted by Gasteiger charge is 1.96. The quantitative estimate of drug-likeness (QED) is 0.604. The van der Waals surface area contributed by atoms with E-state index in [0.717, 1.165) is 0 Å². The van der Waals surface area contributed by atoms with Crippen LogP contribution in [-0.2, 0) is 0 Å². The second-order valence-electron chi connectivity index (χ2n) is 3.82. The molecule has 0 aromatic heterocycles. The summed E-state index contributed by atoms with van der Waals surface area (Å²) in [5.74, 6) is 0. The lowest BCUT2D eigenvalue weighted by Gasteiger charge is -1.99. The van der Waals surface area contributed by atoms with E-state index in [9.17, 15) is 0 Å². The topological polar surface area (TPSA) is 0 Å². The monoisotopic (exact) mass is 244 g/mol. The van der Waals surface area contributed by atoms with Crippen LogP contribution in [-0.4, -0.2) is 26.6 Å². The van der Waals surface area contributed by atoms with Gasteiger partial charge in [0.25, 0.3) is 0 Å². The van der Waals surface area contributed by atoms with Crippen LogP contribution in [0, 0.1) is 0 Å². The Morgan fingerprint density at radius 3 is 1.33 bits per heavy atom. The van der Waals surface area contributed by atoms with E-state index >= 15 is 0 Å². The molecule has 0 atom stereocenters. The first-order valence-corrected chi connectivity index (χ1v) is 14.9. The molecule has 0 bridgehead atoms. The molecule has 0 N–H and O–H groups in total. The minimum atomic E-state index is 0.145. The Kier molecular flexibility index (Phi) is 4.13. The molecular weight excluding hydrogens is 228 g/mol. The molecule has 0 saturated heterocycles. The summed E-state index contributed by atoms with van der Waals surface area (Å²) >= 11 is 0. The first kappa shape index (κ1) is 10.6.